The van der Waals surface area contributed by atoms with E-state index in [9.17, 15) is 4.79 Å². The number of urea groups is 1. The molecule has 104 valence electrons. The van der Waals surface area contributed by atoms with Crippen LogP contribution >= 0.6 is 0 Å². The van der Waals surface area contributed by atoms with Crippen molar-refractivity contribution in [2.24, 2.45) is 5.73 Å². The van der Waals surface area contributed by atoms with Crippen molar-refractivity contribution < 1.29 is 9.53 Å². The second-order valence-corrected chi connectivity index (χ2v) is 4.69. The summed E-state index contributed by atoms with van der Waals surface area (Å²) in [5.74, 6) is 1.27. The molecule has 2 rings (SSSR count). The van der Waals surface area contributed by atoms with Crippen LogP contribution in [-0.2, 0) is 0 Å². The number of rotatable bonds is 6. The first-order valence-corrected chi connectivity index (χ1v) is 6.70. The van der Waals surface area contributed by atoms with E-state index < -0.39 is 0 Å². The number of carbonyl (C=O) groups excluding carboxylic acids is 1. The summed E-state index contributed by atoms with van der Waals surface area (Å²) in [6.07, 6.45) is 3.15. The van der Waals surface area contributed by atoms with E-state index in [4.69, 9.17) is 10.5 Å². The minimum Gasteiger partial charge on any atom is -0.491 e. The Labute approximate surface area is 113 Å². The van der Waals surface area contributed by atoms with Gasteiger partial charge in [0.2, 0.25) is 0 Å². The summed E-state index contributed by atoms with van der Waals surface area (Å²) in [4.78, 5) is 11.6. The number of para-hydroxylation sites is 1. The number of benzene rings is 1. The molecule has 0 spiro atoms. The van der Waals surface area contributed by atoms with E-state index in [1.54, 1.807) is 7.05 Å². The van der Waals surface area contributed by atoms with Gasteiger partial charge in [-0.1, -0.05) is 12.1 Å². The van der Waals surface area contributed by atoms with Crippen LogP contribution in [0.15, 0.2) is 18.2 Å². The molecular weight excluding hydrogens is 242 g/mol. The molecule has 1 fully saturated rings. The zero-order chi connectivity index (χ0) is 13.7. The molecular formula is C14H21N3O2. The van der Waals surface area contributed by atoms with Crippen molar-refractivity contribution in [1.82, 2.24) is 5.32 Å². The third-order valence-electron chi connectivity index (χ3n) is 3.15. The predicted octanol–water partition coefficient (Wildman–Crippen LogP) is 2.04. The van der Waals surface area contributed by atoms with Crippen molar-refractivity contribution in [3.05, 3.63) is 23.8 Å². The van der Waals surface area contributed by atoms with Gasteiger partial charge in [-0.25, -0.2) is 4.79 Å². The number of hydrogen-bond donors (Lipinski definition) is 3. The Morgan fingerprint density at radius 2 is 2.26 bits per heavy atom. The second-order valence-electron chi connectivity index (χ2n) is 4.69. The highest BCUT2D eigenvalue weighted by atomic mass is 16.5. The molecule has 1 aromatic rings. The fraction of sp³-hybridized carbons (Fsp3) is 0.500. The maximum absolute atomic E-state index is 11.6. The fourth-order valence-electron chi connectivity index (χ4n) is 1.98. The fourth-order valence-corrected chi connectivity index (χ4v) is 1.98. The minimum absolute atomic E-state index is 0.225. The van der Waals surface area contributed by atoms with Crippen LogP contribution in [0.4, 0.5) is 10.5 Å². The third kappa shape index (κ3) is 3.61. The molecule has 0 radical (unpaired) electrons. The third-order valence-corrected chi connectivity index (χ3v) is 3.15. The average molecular weight is 263 g/mol. The van der Waals surface area contributed by atoms with Gasteiger partial charge >= 0.3 is 6.03 Å². The Bertz CT molecular complexity index is 444. The summed E-state index contributed by atoms with van der Waals surface area (Å²) in [5, 5.41) is 5.44. The van der Waals surface area contributed by atoms with Crippen molar-refractivity contribution in [1.29, 1.82) is 0 Å². The van der Waals surface area contributed by atoms with Gasteiger partial charge in [-0.2, -0.15) is 0 Å². The normalized spacial score (nSPS) is 14.0. The van der Waals surface area contributed by atoms with E-state index >= 15 is 0 Å². The number of nitrogens with one attached hydrogen (secondary N) is 2. The van der Waals surface area contributed by atoms with Gasteiger partial charge in [0.15, 0.2) is 0 Å². The zero-order valence-electron chi connectivity index (χ0n) is 11.2. The summed E-state index contributed by atoms with van der Waals surface area (Å²) < 4.78 is 5.72. The van der Waals surface area contributed by atoms with Crippen LogP contribution in [0.5, 0.6) is 5.75 Å². The summed E-state index contributed by atoms with van der Waals surface area (Å²) >= 11 is 0. The summed E-state index contributed by atoms with van der Waals surface area (Å²) in [6, 6.07) is 5.68. The van der Waals surface area contributed by atoms with Crippen LogP contribution in [0.25, 0.3) is 0 Å². The first-order chi connectivity index (χ1) is 9.26. The van der Waals surface area contributed by atoms with Gasteiger partial charge in [0.25, 0.3) is 0 Å². The van der Waals surface area contributed by atoms with Gasteiger partial charge in [0, 0.05) is 7.05 Å². The van der Waals surface area contributed by atoms with Gasteiger partial charge < -0.3 is 21.1 Å². The summed E-state index contributed by atoms with van der Waals surface area (Å²) in [5.41, 5.74) is 7.42. The van der Waals surface area contributed by atoms with E-state index in [2.05, 4.69) is 16.7 Å². The lowest BCUT2D eigenvalue weighted by atomic mass is 10.1. The quantitative estimate of drug-likeness (QED) is 0.687. The SMILES string of the molecule is CNC(=O)Nc1c(OCCCN)cccc1C1CC1. The topological polar surface area (TPSA) is 76.4 Å². The van der Waals surface area contributed by atoms with Gasteiger partial charge in [-0.15, -0.1) is 0 Å². The molecule has 0 bridgehead atoms. The lowest BCUT2D eigenvalue weighted by Gasteiger charge is -2.16. The van der Waals surface area contributed by atoms with Crippen LogP contribution in [0, 0.1) is 0 Å². The maximum Gasteiger partial charge on any atom is 0.319 e. The van der Waals surface area contributed by atoms with Gasteiger partial charge in [0.1, 0.15) is 5.75 Å². The lowest BCUT2D eigenvalue weighted by Crippen LogP contribution is -2.25. The molecule has 0 unspecified atom stereocenters. The van der Waals surface area contributed by atoms with Crippen LogP contribution in [0.3, 0.4) is 0 Å². The molecule has 0 atom stereocenters. The van der Waals surface area contributed by atoms with Crippen LogP contribution in [-0.4, -0.2) is 26.2 Å². The smallest absolute Gasteiger partial charge is 0.319 e. The summed E-state index contributed by atoms with van der Waals surface area (Å²) in [6.45, 7) is 1.16. The number of anilines is 1. The van der Waals surface area contributed by atoms with Crippen molar-refractivity contribution >= 4 is 11.7 Å². The number of hydrogen-bond acceptors (Lipinski definition) is 3. The van der Waals surface area contributed by atoms with Gasteiger partial charge in [-0.3, -0.25) is 0 Å². The first kappa shape index (κ1) is 13.7. The zero-order valence-corrected chi connectivity index (χ0v) is 11.2. The van der Waals surface area contributed by atoms with E-state index in [0.29, 0.717) is 19.1 Å². The predicted molar refractivity (Wildman–Crippen MR) is 75.7 cm³/mol. The Hall–Kier alpha value is -1.75. The highest BCUT2D eigenvalue weighted by molar-refractivity contribution is 5.92. The Morgan fingerprint density at radius 3 is 2.89 bits per heavy atom. The standard InChI is InChI=1S/C14H21N3O2/c1-16-14(18)17-13-11(10-6-7-10)4-2-5-12(13)19-9-3-8-15/h2,4-5,10H,3,6-9,15H2,1H3,(H2,16,17,18). The van der Waals surface area contributed by atoms with Gasteiger partial charge in [0.05, 0.1) is 12.3 Å². The highest BCUT2D eigenvalue weighted by Gasteiger charge is 2.28. The number of ether oxygens (including phenoxy) is 1. The molecule has 4 N–H and O–H groups in total. The molecule has 0 saturated heterocycles. The monoisotopic (exact) mass is 263 g/mol. The molecule has 2 amide bonds. The van der Waals surface area contributed by atoms with E-state index in [1.807, 2.05) is 12.1 Å². The Morgan fingerprint density at radius 1 is 1.47 bits per heavy atom. The molecule has 1 saturated carbocycles. The van der Waals surface area contributed by atoms with E-state index in [0.717, 1.165) is 23.4 Å². The minimum atomic E-state index is -0.225. The molecule has 1 aliphatic rings. The molecule has 0 aromatic heterocycles. The molecule has 5 nitrogen and oxygen atoms in total. The van der Waals surface area contributed by atoms with Gasteiger partial charge in [-0.05, 0) is 43.4 Å². The molecule has 1 aromatic carbocycles. The van der Waals surface area contributed by atoms with Crippen LogP contribution in [0.1, 0.15) is 30.7 Å². The number of nitrogens with two attached hydrogens (primary N) is 1. The van der Waals surface area contributed by atoms with Crippen LogP contribution < -0.4 is 21.1 Å². The van der Waals surface area contributed by atoms with E-state index in [-0.39, 0.29) is 6.03 Å². The Balaban J connectivity index is 2.19. The molecule has 1 aliphatic carbocycles. The number of amides is 2. The first-order valence-electron chi connectivity index (χ1n) is 6.70. The molecule has 19 heavy (non-hydrogen) atoms. The maximum atomic E-state index is 11.6. The number of carbonyl (C=O) groups is 1. The van der Waals surface area contributed by atoms with E-state index in [1.165, 1.54) is 12.8 Å². The van der Waals surface area contributed by atoms with Crippen molar-refractivity contribution in [2.75, 3.05) is 25.5 Å². The van der Waals surface area contributed by atoms with Crippen molar-refractivity contribution in [2.45, 2.75) is 25.2 Å². The highest BCUT2D eigenvalue weighted by Crippen LogP contribution is 2.46. The Kier molecular flexibility index (Phi) is 4.63. The molecule has 0 heterocycles. The average Bonchev–Trinajstić information content (AvgIpc) is 3.25. The summed E-state index contributed by atoms with van der Waals surface area (Å²) in [7, 11) is 1.60. The molecule has 0 aliphatic heterocycles. The largest absolute Gasteiger partial charge is 0.491 e. The lowest BCUT2D eigenvalue weighted by molar-refractivity contribution is 0.253. The second kappa shape index (κ2) is 6.43. The van der Waals surface area contributed by atoms with Crippen LogP contribution in [0.2, 0.25) is 0 Å². The van der Waals surface area contributed by atoms with Crippen molar-refractivity contribution in [3.8, 4) is 5.75 Å². The molecule has 5 heteroatoms. The van der Waals surface area contributed by atoms with Crippen molar-refractivity contribution in [3.63, 3.8) is 0 Å².